The van der Waals surface area contributed by atoms with E-state index in [2.05, 4.69) is 17.0 Å². The van der Waals surface area contributed by atoms with E-state index in [1.165, 1.54) is 12.7 Å². The second-order valence-corrected chi connectivity index (χ2v) is 10.1. The van der Waals surface area contributed by atoms with Crippen LogP contribution in [-0.2, 0) is 25.3 Å². The summed E-state index contributed by atoms with van der Waals surface area (Å²) in [5.74, 6) is -0.00591. The Bertz CT molecular complexity index is 1040. The number of amides is 1. The molecule has 2 aliphatic rings. The molecule has 2 aromatic rings. The van der Waals surface area contributed by atoms with E-state index in [9.17, 15) is 9.59 Å². The monoisotopic (exact) mass is 488 g/mol. The highest BCUT2D eigenvalue weighted by Crippen LogP contribution is 2.56. The minimum atomic E-state index is -0.673. The molecule has 1 saturated carbocycles. The summed E-state index contributed by atoms with van der Waals surface area (Å²) in [4.78, 5) is 29.5. The molecular formula is C26H30Cl2N2O3. The molecule has 4 rings (SSSR count). The zero-order valence-electron chi connectivity index (χ0n) is 19.3. The number of halogens is 2. The Hall–Kier alpha value is -2.08. The van der Waals surface area contributed by atoms with Crippen LogP contribution in [0.15, 0.2) is 48.5 Å². The van der Waals surface area contributed by atoms with Crippen molar-refractivity contribution in [3.05, 3.63) is 69.7 Å². The summed E-state index contributed by atoms with van der Waals surface area (Å²) in [6.45, 7) is 4.12. The van der Waals surface area contributed by atoms with Gasteiger partial charge in [0, 0.05) is 33.6 Å². The summed E-state index contributed by atoms with van der Waals surface area (Å²) in [6.07, 6.45) is 2.42. The van der Waals surface area contributed by atoms with E-state index in [1.54, 1.807) is 19.1 Å². The third-order valence-electron chi connectivity index (χ3n) is 7.68. The molecule has 0 aromatic heterocycles. The highest BCUT2D eigenvalue weighted by Gasteiger charge is 2.62. The van der Waals surface area contributed by atoms with Crippen molar-refractivity contribution < 1.29 is 14.3 Å². The lowest BCUT2D eigenvalue weighted by molar-refractivity contribution is -0.144. The number of nitrogens with zero attached hydrogens (tertiary/aromatic N) is 2. The van der Waals surface area contributed by atoms with E-state index >= 15 is 0 Å². The van der Waals surface area contributed by atoms with E-state index in [0.717, 1.165) is 44.5 Å². The van der Waals surface area contributed by atoms with Crippen LogP contribution in [0.2, 0.25) is 10.0 Å². The third-order valence-corrected chi connectivity index (χ3v) is 8.42. The number of esters is 1. The second kappa shape index (κ2) is 9.28. The van der Waals surface area contributed by atoms with E-state index in [4.69, 9.17) is 27.9 Å². The van der Waals surface area contributed by atoms with Crippen LogP contribution in [0.1, 0.15) is 37.3 Å². The van der Waals surface area contributed by atoms with Gasteiger partial charge in [-0.1, -0.05) is 59.6 Å². The van der Waals surface area contributed by atoms with E-state index in [-0.39, 0.29) is 23.3 Å². The van der Waals surface area contributed by atoms with Crippen LogP contribution in [0.5, 0.6) is 0 Å². The number of likely N-dealkylation sites (tertiary alicyclic amines) is 1. The van der Waals surface area contributed by atoms with Gasteiger partial charge < -0.3 is 14.5 Å². The summed E-state index contributed by atoms with van der Waals surface area (Å²) < 4.78 is 5.19. The van der Waals surface area contributed by atoms with E-state index in [0.29, 0.717) is 10.0 Å². The average Bonchev–Trinajstić information content (AvgIpc) is 3.55. The van der Waals surface area contributed by atoms with Gasteiger partial charge in [-0.05, 0) is 48.4 Å². The van der Waals surface area contributed by atoms with Crippen molar-refractivity contribution in [2.75, 3.05) is 33.8 Å². The molecule has 0 spiro atoms. The Morgan fingerprint density at radius 2 is 1.73 bits per heavy atom. The molecule has 0 radical (unpaired) electrons. The van der Waals surface area contributed by atoms with Crippen LogP contribution >= 0.6 is 23.2 Å². The molecule has 2 atom stereocenters. The number of rotatable bonds is 6. The second-order valence-electron chi connectivity index (χ2n) is 9.27. The summed E-state index contributed by atoms with van der Waals surface area (Å²) in [7, 11) is 3.34. The summed E-state index contributed by atoms with van der Waals surface area (Å²) in [6, 6.07) is 15.7. The van der Waals surface area contributed by atoms with Gasteiger partial charge in [0.05, 0.1) is 28.1 Å². The molecule has 5 nitrogen and oxygen atoms in total. The largest absolute Gasteiger partial charge is 0.468 e. The minimum absolute atomic E-state index is 0.0684. The van der Waals surface area contributed by atoms with Crippen molar-refractivity contribution in [1.82, 2.24) is 9.80 Å². The summed E-state index contributed by atoms with van der Waals surface area (Å²) in [5.41, 5.74) is 1.05. The predicted molar refractivity (Wildman–Crippen MR) is 131 cm³/mol. The Morgan fingerprint density at radius 1 is 1.06 bits per heavy atom. The van der Waals surface area contributed by atoms with Gasteiger partial charge in [0.15, 0.2) is 0 Å². The molecule has 0 bridgehead atoms. The molecule has 2 aromatic carbocycles. The number of carbonyl (C=O) groups excluding carboxylic acids is 2. The average molecular weight is 489 g/mol. The molecule has 7 heteroatoms. The summed E-state index contributed by atoms with van der Waals surface area (Å²) >= 11 is 12.4. The molecule has 2 unspecified atom stereocenters. The molecule has 2 fully saturated rings. The van der Waals surface area contributed by atoms with Crippen molar-refractivity contribution in [2.24, 2.45) is 5.92 Å². The first kappa shape index (κ1) is 24.1. The smallest absolute Gasteiger partial charge is 0.316 e. The topological polar surface area (TPSA) is 49.9 Å². The first-order valence-electron chi connectivity index (χ1n) is 11.3. The molecule has 1 amide bonds. The lowest BCUT2D eigenvalue weighted by Gasteiger charge is -2.47. The predicted octanol–water partition coefficient (Wildman–Crippen LogP) is 4.89. The van der Waals surface area contributed by atoms with Gasteiger partial charge in [0.2, 0.25) is 5.91 Å². The lowest BCUT2D eigenvalue weighted by Crippen LogP contribution is -2.53. The fourth-order valence-corrected chi connectivity index (χ4v) is 5.81. The highest BCUT2D eigenvalue weighted by molar-refractivity contribution is 6.42. The van der Waals surface area contributed by atoms with E-state index in [1.807, 2.05) is 36.2 Å². The number of hydrogen-bond acceptors (Lipinski definition) is 4. The molecule has 0 N–H and O–H groups in total. The lowest BCUT2D eigenvalue weighted by atomic mass is 9.79. The van der Waals surface area contributed by atoms with Crippen LogP contribution in [0.4, 0.5) is 0 Å². The molecular weight excluding hydrogens is 459 g/mol. The van der Waals surface area contributed by atoms with Gasteiger partial charge in [-0.2, -0.15) is 0 Å². The number of methoxy groups -OCH3 is 1. The van der Waals surface area contributed by atoms with Gasteiger partial charge in [-0.15, -0.1) is 0 Å². The number of hydrogen-bond donors (Lipinski definition) is 0. The van der Waals surface area contributed by atoms with Crippen LogP contribution in [0.3, 0.4) is 0 Å². The fraction of sp³-hybridized carbons (Fsp3) is 0.462. The van der Waals surface area contributed by atoms with Crippen molar-refractivity contribution in [3.8, 4) is 0 Å². The number of ether oxygens (including phenoxy) is 1. The zero-order valence-corrected chi connectivity index (χ0v) is 20.8. The van der Waals surface area contributed by atoms with Gasteiger partial charge in [-0.3, -0.25) is 9.59 Å². The van der Waals surface area contributed by atoms with Gasteiger partial charge in [0.25, 0.3) is 0 Å². The number of piperidine rings is 1. The Kier molecular flexibility index (Phi) is 6.77. The fourth-order valence-electron chi connectivity index (χ4n) is 5.51. The van der Waals surface area contributed by atoms with Crippen molar-refractivity contribution in [3.63, 3.8) is 0 Å². The SMILES string of the molecule is COC(=O)C1(c2ccc(Cl)c(Cl)c2)CC1CN1CCC(c2ccccc2)(N(C)C(C)=O)CC1. The standard InChI is InChI=1S/C26H30Cl2N2O3/c1-18(31)29(2)25(19-7-5-4-6-8-19)11-13-30(14-12-25)17-21-16-26(21,24(32)33-3)20-9-10-22(27)23(28)15-20/h4-10,15,21H,11-14,16-17H2,1-3H3. The van der Waals surface area contributed by atoms with Gasteiger partial charge >= 0.3 is 5.97 Å². The quantitative estimate of drug-likeness (QED) is 0.542. The zero-order chi connectivity index (χ0) is 23.8. The normalized spacial score (nSPS) is 24.2. The van der Waals surface area contributed by atoms with Crippen molar-refractivity contribution in [2.45, 2.75) is 37.1 Å². The van der Waals surface area contributed by atoms with Gasteiger partial charge in [-0.25, -0.2) is 0 Å². The first-order valence-corrected chi connectivity index (χ1v) is 12.1. The number of benzene rings is 2. The molecule has 1 aliphatic carbocycles. The minimum Gasteiger partial charge on any atom is -0.468 e. The van der Waals surface area contributed by atoms with Crippen LogP contribution in [0.25, 0.3) is 0 Å². The maximum atomic E-state index is 12.8. The Morgan fingerprint density at radius 3 is 2.30 bits per heavy atom. The molecule has 176 valence electrons. The highest BCUT2D eigenvalue weighted by atomic mass is 35.5. The maximum absolute atomic E-state index is 12.8. The molecule has 1 aliphatic heterocycles. The van der Waals surface area contributed by atoms with Crippen molar-refractivity contribution in [1.29, 1.82) is 0 Å². The van der Waals surface area contributed by atoms with Gasteiger partial charge in [0.1, 0.15) is 0 Å². The third kappa shape index (κ3) is 4.27. The van der Waals surface area contributed by atoms with E-state index < -0.39 is 5.41 Å². The maximum Gasteiger partial charge on any atom is 0.316 e. The Labute approximate surface area is 205 Å². The molecule has 1 heterocycles. The Balaban J connectivity index is 1.51. The summed E-state index contributed by atoms with van der Waals surface area (Å²) in [5, 5.41) is 0.918. The molecule has 1 saturated heterocycles. The van der Waals surface area contributed by atoms with Crippen LogP contribution in [-0.4, -0.2) is 55.5 Å². The number of carbonyl (C=O) groups is 2. The first-order chi connectivity index (χ1) is 15.7. The van der Waals surface area contributed by atoms with Crippen molar-refractivity contribution >= 4 is 35.1 Å². The van der Waals surface area contributed by atoms with Crippen LogP contribution in [0, 0.1) is 5.92 Å². The molecule has 33 heavy (non-hydrogen) atoms. The van der Waals surface area contributed by atoms with Crippen LogP contribution < -0.4 is 0 Å².